The minimum atomic E-state index is -2.35. The first-order chi connectivity index (χ1) is 11.7. The third-order valence-electron chi connectivity index (χ3n) is 3.34. The molecule has 1 aliphatic carbocycles. The maximum Gasteiger partial charge on any atom is 0.264 e. The molecule has 1 fully saturated rings. The lowest BCUT2D eigenvalue weighted by Crippen LogP contribution is -2.36. The fraction of sp³-hybridized carbons (Fsp3) is 0.333. The standard InChI is InChI=1S/C15H15N3O3/c1-8-17-11-4-2-3-10(16)14(11)15(21)18(8)12-6-5-9(19)7-13(12)20/h2-4,12H,5-7,16H2,1H3/i1D,3D,6D,12D. The number of carbonyl (C=O) groups excluding carboxylic acids is 2. The molecule has 2 aromatic rings. The predicted octanol–water partition coefficient (Wildman–Crippen LogP) is 1.15. The van der Waals surface area contributed by atoms with Crippen molar-refractivity contribution < 1.29 is 15.1 Å². The Kier molecular flexibility index (Phi) is 2.16. The average Bonchev–Trinajstić information content (AvgIpc) is 2.55. The van der Waals surface area contributed by atoms with Gasteiger partial charge in [0.1, 0.15) is 11.6 Å². The van der Waals surface area contributed by atoms with Crippen LogP contribution in [0.3, 0.4) is 0 Å². The van der Waals surface area contributed by atoms with E-state index in [9.17, 15) is 14.4 Å². The number of nitrogens with two attached hydrogens (primary N) is 1. The van der Waals surface area contributed by atoms with Crippen molar-refractivity contribution in [1.82, 2.24) is 9.55 Å². The highest BCUT2D eigenvalue weighted by Gasteiger charge is 2.30. The molecular weight excluding hydrogens is 270 g/mol. The molecule has 1 saturated carbocycles. The number of aryl methyl sites for hydroxylation is 1. The quantitative estimate of drug-likeness (QED) is 0.627. The summed E-state index contributed by atoms with van der Waals surface area (Å²) < 4.78 is 32.6. The Morgan fingerprint density at radius 1 is 1.57 bits per heavy atom. The van der Waals surface area contributed by atoms with Crippen molar-refractivity contribution in [3.63, 3.8) is 0 Å². The van der Waals surface area contributed by atoms with Gasteiger partial charge in [0, 0.05) is 14.8 Å². The van der Waals surface area contributed by atoms with Crippen LogP contribution < -0.4 is 11.3 Å². The molecule has 2 unspecified atom stereocenters. The van der Waals surface area contributed by atoms with E-state index in [0.717, 1.165) is 0 Å². The van der Waals surface area contributed by atoms with Gasteiger partial charge in [-0.3, -0.25) is 19.0 Å². The molecule has 0 amide bonds. The van der Waals surface area contributed by atoms with Crippen molar-refractivity contribution >= 4 is 28.2 Å². The lowest BCUT2D eigenvalue weighted by atomic mass is 9.92. The van der Waals surface area contributed by atoms with Crippen LogP contribution in [0.25, 0.3) is 10.9 Å². The highest BCUT2D eigenvalue weighted by molar-refractivity contribution is 6.03. The number of nitrogens with zero attached hydrogens (tertiary/aromatic N) is 2. The summed E-state index contributed by atoms with van der Waals surface area (Å²) in [6.07, 6.45) is -2.39. The third-order valence-corrected chi connectivity index (χ3v) is 3.34. The Bertz CT molecular complexity index is 975. The second kappa shape index (κ2) is 4.80. The predicted molar refractivity (Wildman–Crippen MR) is 78.1 cm³/mol. The second-order valence-electron chi connectivity index (χ2n) is 4.75. The number of hydrogen-bond acceptors (Lipinski definition) is 5. The summed E-state index contributed by atoms with van der Waals surface area (Å²) in [6, 6.07) is 0.298. The number of carbonyl (C=O) groups is 2. The summed E-state index contributed by atoms with van der Waals surface area (Å²) in [6.45, 7) is -0.498. The van der Waals surface area contributed by atoms with Gasteiger partial charge in [-0.2, -0.15) is 0 Å². The molecule has 6 nitrogen and oxygen atoms in total. The molecule has 0 saturated heterocycles. The van der Waals surface area contributed by atoms with Crippen LogP contribution in [0.1, 0.15) is 36.6 Å². The molecule has 108 valence electrons. The van der Waals surface area contributed by atoms with Gasteiger partial charge < -0.3 is 5.73 Å². The monoisotopic (exact) mass is 289 g/mol. The molecule has 0 bridgehead atoms. The van der Waals surface area contributed by atoms with E-state index < -0.39 is 42.9 Å². The van der Waals surface area contributed by atoms with Crippen molar-refractivity contribution in [3.05, 3.63) is 34.4 Å². The highest BCUT2D eigenvalue weighted by Crippen LogP contribution is 2.24. The first-order valence-electron chi connectivity index (χ1n) is 8.58. The number of ketones is 2. The van der Waals surface area contributed by atoms with Crippen molar-refractivity contribution in [3.8, 4) is 0 Å². The Labute approximate surface area is 126 Å². The van der Waals surface area contributed by atoms with E-state index in [2.05, 4.69) is 4.98 Å². The Morgan fingerprint density at radius 2 is 2.38 bits per heavy atom. The summed E-state index contributed by atoms with van der Waals surface area (Å²) in [5, 5.41) is -0.131. The molecule has 2 atom stereocenters. The summed E-state index contributed by atoms with van der Waals surface area (Å²) >= 11 is 0. The van der Waals surface area contributed by atoms with Gasteiger partial charge in [0.2, 0.25) is 0 Å². The third kappa shape index (κ3) is 2.12. The fourth-order valence-corrected chi connectivity index (χ4v) is 2.37. The Balaban J connectivity index is 2.41. The zero-order chi connectivity index (χ0) is 18.5. The van der Waals surface area contributed by atoms with Gasteiger partial charge in [-0.15, -0.1) is 0 Å². The minimum Gasteiger partial charge on any atom is -0.398 e. The van der Waals surface area contributed by atoms with Crippen LogP contribution in [0.4, 0.5) is 5.69 Å². The van der Waals surface area contributed by atoms with Crippen LogP contribution in [0.5, 0.6) is 0 Å². The number of hydrogen-bond donors (Lipinski definition) is 1. The Hall–Kier alpha value is -2.50. The number of anilines is 1. The largest absolute Gasteiger partial charge is 0.398 e. The molecule has 0 radical (unpaired) electrons. The summed E-state index contributed by atoms with van der Waals surface area (Å²) in [4.78, 5) is 41.1. The molecular formula is C15H15N3O3. The maximum atomic E-state index is 13.0. The van der Waals surface area contributed by atoms with E-state index in [-0.39, 0.29) is 34.9 Å². The fourth-order valence-electron chi connectivity index (χ4n) is 2.37. The number of fused-ring (bicyclic) bond motifs is 1. The van der Waals surface area contributed by atoms with E-state index in [1.165, 1.54) is 12.1 Å². The first-order valence-corrected chi connectivity index (χ1v) is 6.29. The summed E-state index contributed by atoms with van der Waals surface area (Å²) in [7, 11) is 0. The molecule has 3 rings (SSSR count). The van der Waals surface area contributed by atoms with E-state index in [1.54, 1.807) is 0 Å². The maximum absolute atomic E-state index is 13.0. The molecule has 0 spiro atoms. The van der Waals surface area contributed by atoms with E-state index in [4.69, 9.17) is 11.2 Å². The lowest BCUT2D eigenvalue weighted by molar-refractivity contribution is -0.132. The number of nitrogen functional groups attached to an aromatic ring is 1. The SMILES string of the molecule is [2H]Cc1nc2ccc([2H])c(N)c2c(=O)n1C1([2H])C(=O)CC(=O)CC1[2H]. The second-order valence-corrected chi connectivity index (χ2v) is 4.75. The number of benzene rings is 1. The van der Waals surface area contributed by atoms with Crippen LogP contribution in [-0.4, -0.2) is 21.1 Å². The van der Waals surface area contributed by atoms with E-state index >= 15 is 0 Å². The van der Waals surface area contributed by atoms with Gasteiger partial charge in [-0.1, -0.05) is 6.07 Å². The van der Waals surface area contributed by atoms with Crippen LogP contribution in [0, 0.1) is 6.90 Å². The van der Waals surface area contributed by atoms with Gasteiger partial charge >= 0.3 is 0 Å². The molecule has 1 aliphatic rings. The van der Waals surface area contributed by atoms with Crippen molar-refractivity contribution in [2.45, 2.75) is 32.2 Å². The molecule has 2 N–H and O–H groups in total. The molecule has 0 aliphatic heterocycles. The lowest BCUT2D eigenvalue weighted by Gasteiger charge is -2.24. The summed E-state index contributed by atoms with van der Waals surface area (Å²) in [5.41, 5.74) is 4.96. The molecule has 21 heavy (non-hydrogen) atoms. The first kappa shape index (κ1) is 9.44. The van der Waals surface area contributed by atoms with Gasteiger partial charge in [-0.05, 0) is 25.4 Å². The van der Waals surface area contributed by atoms with Crippen LogP contribution in [0.2, 0.25) is 0 Å². The molecule has 6 heteroatoms. The normalized spacial score (nSPS) is 28.9. The summed E-state index contributed by atoms with van der Waals surface area (Å²) in [5.74, 6) is -1.51. The van der Waals surface area contributed by atoms with Gasteiger partial charge in [0.05, 0.1) is 26.1 Å². The van der Waals surface area contributed by atoms with Crippen molar-refractivity contribution in [2.75, 3.05) is 5.73 Å². The van der Waals surface area contributed by atoms with Crippen LogP contribution in [0.15, 0.2) is 23.0 Å². The van der Waals surface area contributed by atoms with Crippen molar-refractivity contribution in [1.29, 1.82) is 0 Å². The number of aromatic nitrogens is 2. The van der Waals surface area contributed by atoms with Gasteiger partial charge in [0.15, 0.2) is 5.78 Å². The molecule has 1 heterocycles. The smallest absolute Gasteiger partial charge is 0.264 e. The van der Waals surface area contributed by atoms with Crippen LogP contribution in [-0.2, 0) is 9.59 Å². The number of rotatable bonds is 1. The zero-order valence-electron chi connectivity index (χ0n) is 15.0. The van der Waals surface area contributed by atoms with Crippen molar-refractivity contribution in [2.24, 2.45) is 0 Å². The Morgan fingerprint density at radius 3 is 3.10 bits per heavy atom. The highest BCUT2D eigenvalue weighted by atomic mass is 16.2. The molecule has 1 aromatic carbocycles. The topological polar surface area (TPSA) is 95.0 Å². The number of Topliss-reactive ketones (excluding diaryl/α,β-unsaturated/α-hetero) is 2. The van der Waals surface area contributed by atoms with Gasteiger partial charge in [-0.25, -0.2) is 4.98 Å². The van der Waals surface area contributed by atoms with Crippen LogP contribution >= 0.6 is 0 Å². The molecule has 1 aromatic heterocycles. The minimum absolute atomic E-state index is 0.108. The van der Waals surface area contributed by atoms with Gasteiger partial charge in [0.25, 0.3) is 5.56 Å². The van der Waals surface area contributed by atoms with E-state index in [0.29, 0.717) is 4.57 Å². The average molecular weight is 289 g/mol. The zero-order valence-corrected chi connectivity index (χ0v) is 11.0. The van der Waals surface area contributed by atoms with E-state index in [1.807, 2.05) is 0 Å².